The van der Waals surface area contributed by atoms with Crippen LogP contribution in [0.25, 0.3) is 0 Å². The van der Waals surface area contributed by atoms with Gasteiger partial charge in [-0.05, 0) is 18.4 Å². The number of rotatable bonds is 13. The second-order valence-corrected chi connectivity index (χ2v) is 6.51. The fraction of sp³-hybridized carbons (Fsp3) is 0.550. The zero-order valence-corrected chi connectivity index (χ0v) is 16.5. The van der Waals surface area contributed by atoms with E-state index in [1.54, 1.807) is 30.3 Å². The van der Waals surface area contributed by atoms with E-state index in [1.807, 2.05) is 13.8 Å². The minimum Gasteiger partial charge on any atom is -0.464 e. The highest BCUT2D eigenvalue weighted by Gasteiger charge is 2.26. The summed E-state index contributed by atoms with van der Waals surface area (Å²) in [6.45, 7) is 3.78. The molecule has 3 atom stereocenters. The van der Waals surface area contributed by atoms with Crippen LogP contribution < -0.4 is 16.4 Å². The Labute approximate surface area is 165 Å². The predicted octanol–water partition coefficient (Wildman–Crippen LogP) is 0.792. The van der Waals surface area contributed by atoms with Crippen molar-refractivity contribution < 1.29 is 24.2 Å². The third-order valence-corrected chi connectivity index (χ3v) is 4.11. The first-order valence-electron chi connectivity index (χ1n) is 9.62. The van der Waals surface area contributed by atoms with Crippen molar-refractivity contribution in [3.05, 3.63) is 35.9 Å². The highest BCUT2D eigenvalue weighted by atomic mass is 16.5. The third-order valence-electron chi connectivity index (χ3n) is 4.11. The normalized spacial score (nSPS) is 14.0. The van der Waals surface area contributed by atoms with Gasteiger partial charge in [0.1, 0.15) is 0 Å². The zero-order valence-electron chi connectivity index (χ0n) is 16.5. The molecule has 0 bridgehead atoms. The number of aliphatic hydroxyl groups excluding tert-OH is 1. The summed E-state index contributed by atoms with van der Waals surface area (Å²) in [6.07, 6.45) is 1.22. The Morgan fingerprint density at radius 2 is 1.82 bits per heavy atom. The van der Waals surface area contributed by atoms with Crippen LogP contribution in [0, 0.1) is 0 Å². The molecule has 0 saturated heterocycles. The monoisotopic (exact) mass is 393 g/mol. The molecular weight excluding hydrogens is 362 g/mol. The number of ketones is 1. The Morgan fingerprint density at radius 3 is 2.43 bits per heavy atom. The number of nitrogens with two attached hydrogens (primary N) is 1. The molecule has 28 heavy (non-hydrogen) atoms. The van der Waals surface area contributed by atoms with Gasteiger partial charge in [0.25, 0.3) is 0 Å². The predicted molar refractivity (Wildman–Crippen MR) is 105 cm³/mol. The summed E-state index contributed by atoms with van der Waals surface area (Å²) < 4.78 is 5.23. The molecule has 0 aromatic heterocycles. The number of Topliss-reactive ketones (excluding diaryl/α,β-unsaturated/α-hetero) is 1. The summed E-state index contributed by atoms with van der Waals surface area (Å²) in [5.41, 5.74) is 6.26. The number of esters is 1. The number of nitrogens with one attached hydrogen (secondary N) is 2. The van der Waals surface area contributed by atoms with E-state index in [4.69, 9.17) is 10.5 Å². The topological polar surface area (TPSA) is 131 Å². The lowest BCUT2D eigenvalue weighted by atomic mass is 10.1. The molecular formula is C20H31N3O5. The summed E-state index contributed by atoms with van der Waals surface area (Å²) >= 11 is 0. The molecule has 0 radical (unpaired) electrons. The van der Waals surface area contributed by atoms with E-state index in [1.165, 1.54) is 0 Å². The van der Waals surface area contributed by atoms with Gasteiger partial charge < -0.3 is 20.9 Å². The third kappa shape index (κ3) is 8.16. The van der Waals surface area contributed by atoms with Crippen LogP contribution in [0.15, 0.2) is 30.3 Å². The number of aliphatic hydroxyl groups is 1. The van der Waals surface area contributed by atoms with E-state index >= 15 is 0 Å². The minimum absolute atomic E-state index is 0.273. The fourth-order valence-corrected chi connectivity index (χ4v) is 2.48. The van der Waals surface area contributed by atoms with Gasteiger partial charge >= 0.3 is 5.97 Å². The van der Waals surface area contributed by atoms with Crippen LogP contribution in [-0.2, 0) is 19.1 Å². The fourth-order valence-electron chi connectivity index (χ4n) is 2.48. The van der Waals surface area contributed by atoms with E-state index in [-0.39, 0.29) is 13.2 Å². The van der Waals surface area contributed by atoms with Crippen LogP contribution >= 0.6 is 0 Å². The molecule has 0 aliphatic heterocycles. The molecule has 1 unspecified atom stereocenters. The van der Waals surface area contributed by atoms with Gasteiger partial charge in [-0.3, -0.25) is 14.9 Å². The van der Waals surface area contributed by atoms with Gasteiger partial charge in [0.15, 0.2) is 18.1 Å². The van der Waals surface area contributed by atoms with E-state index in [2.05, 4.69) is 10.6 Å². The molecule has 0 fully saturated rings. The molecule has 0 aliphatic carbocycles. The Morgan fingerprint density at radius 1 is 1.14 bits per heavy atom. The van der Waals surface area contributed by atoms with E-state index in [0.717, 1.165) is 12.8 Å². The molecule has 8 nitrogen and oxygen atoms in total. The van der Waals surface area contributed by atoms with Gasteiger partial charge in [-0.1, -0.05) is 57.0 Å². The molecule has 1 rings (SSSR count). The van der Waals surface area contributed by atoms with E-state index in [9.17, 15) is 19.5 Å². The highest BCUT2D eigenvalue weighted by Crippen LogP contribution is 2.14. The second-order valence-electron chi connectivity index (χ2n) is 6.51. The van der Waals surface area contributed by atoms with Crippen molar-refractivity contribution in [3.8, 4) is 0 Å². The Balaban J connectivity index is 2.66. The molecule has 1 amide bonds. The standard InChI is InChI=1S/C20H31N3O5/c1-3-5-12-28-20(27)17(14-10-7-6-8-11-14)23-16(24)13-22-19(26)18(25)15(21)9-4-2/h6-8,10-11,15,17,19,22,26H,3-5,9,12-13,21H2,1-2H3,(H,23,24)/t15?,17-,19-/m0/s1. The van der Waals surface area contributed by atoms with Gasteiger partial charge in [0, 0.05) is 0 Å². The van der Waals surface area contributed by atoms with Gasteiger partial charge in [-0.25, -0.2) is 4.79 Å². The number of benzene rings is 1. The SMILES string of the molecule is CCCCOC(=O)[C@@H](NC(=O)CN[C@@H](O)C(=O)C(N)CCC)c1ccccc1. The number of hydrogen-bond donors (Lipinski definition) is 4. The van der Waals surface area contributed by atoms with Crippen LogP contribution in [0.2, 0.25) is 0 Å². The number of unbranched alkanes of at least 4 members (excludes halogenated alkanes) is 1. The van der Waals surface area contributed by atoms with Crippen molar-refractivity contribution in [2.75, 3.05) is 13.2 Å². The van der Waals surface area contributed by atoms with Crippen molar-refractivity contribution in [1.29, 1.82) is 0 Å². The van der Waals surface area contributed by atoms with Crippen molar-refractivity contribution in [2.45, 2.75) is 57.8 Å². The number of hydrogen-bond acceptors (Lipinski definition) is 7. The number of amides is 1. The lowest BCUT2D eigenvalue weighted by molar-refractivity contribution is -0.148. The Bertz CT molecular complexity index is 624. The summed E-state index contributed by atoms with van der Waals surface area (Å²) in [7, 11) is 0. The van der Waals surface area contributed by atoms with Crippen LogP contribution in [0.5, 0.6) is 0 Å². The minimum atomic E-state index is -1.54. The van der Waals surface area contributed by atoms with Crippen molar-refractivity contribution in [1.82, 2.24) is 10.6 Å². The lowest BCUT2D eigenvalue weighted by Gasteiger charge is -2.19. The average molecular weight is 393 g/mol. The van der Waals surface area contributed by atoms with Gasteiger partial charge in [0.05, 0.1) is 19.2 Å². The zero-order chi connectivity index (χ0) is 20.9. The Kier molecular flexibility index (Phi) is 11.0. The number of ether oxygens (including phenoxy) is 1. The van der Waals surface area contributed by atoms with Crippen molar-refractivity contribution >= 4 is 17.7 Å². The first kappa shape index (κ1) is 23.7. The van der Waals surface area contributed by atoms with Gasteiger partial charge in [-0.15, -0.1) is 0 Å². The summed E-state index contributed by atoms with van der Waals surface area (Å²) in [4.78, 5) is 36.5. The molecule has 8 heteroatoms. The van der Waals surface area contributed by atoms with E-state index in [0.29, 0.717) is 18.4 Å². The smallest absolute Gasteiger partial charge is 0.333 e. The van der Waals surface area contributed by atoms with Gasteiger partial charge in [-0.2, -0.15) is 0 Å². The maximum absolute atomic E-state index is 12.4. The summed E-state index contributed by atoms with van der Waals surface area (Å²) in [5.74, 6) is -1.69. The largest absolute Gasteiger partial charge is 0.464 e. The number of carbonyl (C=O) groups is 3. The van der Waals surface area contributed by atoms with E-state index < -0.39 is 36.0 Å². The first-order valence-corrected chi connectivity index (χ1v) is 9.62. The van der Waals surface area contributed by atoms with Crippen LogP contribution in [-0.4, -0.2) is 48.2 Å². The molecule has 5 N–H and O–H groups in total. The molecule has 0 aliphatic rings. The van der Waals surface area contributed by atoms with Gasteiger partial charge in [0.2, 0.25) is 5.91 Å². The van der Waals surface area contributed by atoms with Crippen LogP contribution in [0.1, 0.15) is 51.1 Å². The highest BCUT2D eigenvalue weighted by molar-refractivity contribution is 5.89. The molecule has 1 aromatic carbocycles. The van der Waals surface area contributed by atoms with Crippen molar-refractivity contribution in [2.24, 2.45) is 5.73 Å². The van der Waals surface area contributed by atoms with Crippen molar-refractivity contribution in [3.63, 3.8) is 0 Å². The molecule has 0 spiro atoms. The van der Waals surface area contributed by atoms with Crippen LogP contribution in [0.3, 0.4) is 0 Å². The van der Waals surface area contributed by atoms with Crippen LogP contribution in [0.4, 0.5) is 0 Å². The maximum atomic E-state index is 12.4. The lowest BCUT2D eigenvalue weighted by Crippen LogP contribution is -2.49. The second kappa shape index (κ2) is 13.0. The summed E-state index contributed by atoms with van der Waals surface area (Å²) in [5, 5.41) is 14.9. The molecule has 1 aromatic rings. The average Bonchev–Trinajstić information content (AvgIpc) is 2.70. The Hall–Kier alpha value is -2.29. The maximum Gasteiger partial charge on any atom is 0.333 e. The number of carbonyl (C=O) groups excluding carboxylic acids is 3. The molecule has 0 saturated carbocycles. The quantitative estimate of drug-likeness (QED) is 0.221. The molecule has 0 heterocycles. The first-order chi connectivity index (χ1) is 13.4. The molecule has 156 valence electrons. The summed E-state index contributed by atoms with van der Waals surface area (Å²) in [6, 6.07) is 6.97.